The number of amides is 1. The van der Waals surface area contributed by atoms with E-state index in [4.69, 9.17) is 0 Å². The Morgan fingerprint density at radius 2 is 1.78 bits per heavy atom. The highest BCUT2D eigenvalue weighted by Gasteiger charge is 2.21. The number of hydrogen-bond donors (Lipinski definition) is 2. The average molecular weight is 372 g/mol. The zero-order valence-corrected chi connectivity index (χ0v) is 17.8. The molecule has 5 heteroatoms. The quantitative estimate of drug-likeness (QED) is 0.749. The van der Waals surface area contributed by atoms with Crippen molar-refractivity contribution in [3.8, 4) is 0 Å². The smallest absolute Gasteiger partial charge is 0.279 e. The van der Waals surface area contributed by atoms with E-state index in [1.165, 1.54) is 11.1 Å². The number of nitrogens with two attached hydrogens (primary N) is 1. The Balaban J connectivity index is 2.00. The molecular formula is C22H35N4O+. The number of nitrogens with zero attached hydrogens (tertiary/aromatic N) is 2. The molecule has 0 aliphatic carbocycles. The molecule has 2 rings (SSSR count). The standard InChI is InChI=1S/C22H34N4O/c1-14(2)12-18-8-10-19(11-9-18)21(15(3)4)23-13-20(27)24-22-16(5)25-26(7)17(22)6/h8-11,14-15,21,23H,12-13H2,1-7H3,(H,24,27)/p+1/t21-/m1/s1. The summed E-state index contributed by atoms with van der Waals surface area (Å²) >= 11 is 0. The molecule has 3 N–H and O–H groups in total. The van der Waals surface area contributed by atoms with E-state index in [9.17, 15) is 4.79 Å². The van der Waals surface area contributed by atoms with Crippen molar-refractivity contribution in [3.05, 3.63) is 46.8 Å². The van der Waals surface area contributed by atoms with Gasteiger partial charge in [0.2, 0.25) is 0 Å². The minimum Gasteiger partial charge on any atom is -0.332 e. The first-order valence-electron chi connectivity index (χ1n) is 9.91. The normalized spacial score (nSPS) is 12.6. The van der Waals surface area contributed by atoms with Gasteiger partial charge in [0.1, 0.15) is 6.04 Å². The summed E-state index contributed by atoms with van der Waals surface area (Å²) in [7, 11) is 1.89. The molecule has 0 radical (unpaired) electrons. The summed E-state index contributed by atoms with van der Waals surface area (Å²) in [4.78, 5) is 12.5. The van der Waals surface area contributed by atoms with Gasteiger partial charge in [-0.15, -0.1) is 0 Å². The van der Waals surface area contributed by atoms with Gasteiger partial charge in [-0.2, -0.15) is 5.10 Å². The van der Waals surface area contributed by atoms with Crippen molar-refractivity contribution in [2.45, 2.75) is 54.0 Å². The summed E-state index contributed by atoms with van der Waals surface area (Å²) in [6.45, 7) is 13.2. The first-order chi connectivity index (χ1) is 12.7. The molecule has 0 bridgehead atoms. The van der Waals surface area contributed by atoms with Crippen LogP contribution in [-0.4, -0.2) is 22.2 Å². The number of anilines is 1. The van der Waals surface area contributed by atoms with Gasteiger partial charge >= 0.3 is 0 Å². The summed E-state index contributed by atoms with van der Waals surface area (Å²) in [5, 5.41) is 9.51. The zero-order chi connectivity index (χ0) is 20.1. The number of rotatable bonds is 8. The number of carbonyl (C=O) groups excluding carboxylic acids is 1. The molecule has 0 unspecified atom stereocenters. The van der Waals surface area contributed by atoms with Crippen molar-refractivity contribution < 1.29 is 10.1 Å². The highest BCUT2D eigenvalue weighted by Crippen LogP contribution is 2.20. The highest BCUT2D eigenvalue weighted by molar-refractivity contribution is 5.92. The van der Waals surface area contributed by atoms with Crippen LogP contribution in [0.15, 0.2) is 24.3 Å². The van der Waals surface area contributed by atoms with Crippen molar-refractivity contribution in [1.29, 1.82) is 0 Å². The predicted octanol–water partition coefficient (Wildman–Crippen LogP) is 3.13. The van der Waals surface area contributed by atoms with Crippen molar-refractivity contribution in [3.63, 3.8) is 0 Å². The van der Waals surface area contributed by atoms with Crippen molar-refractivity contribution in [1.82, 2.24) is 9.78 Å². The van der Waals surface area contributed by atoms with Gasteiger partial charge < -0.3 is 10.6 Å². The van der Waals surface area contributed by atoms with Gasteiger partial charge in [-0.05, 0) is 31.7 Å². The maximum absolute atomic E-state index is 12.5. The molecule has 0 aliphatic rings. The third kappa shape index (κ3) is 5.67. The van der Waals surface area contributed by atoms with E-state index < -0.39 is 0 Å². The second-order valence-electron chi connectivity index (χ2n) is 8.27. The van der Waals surface area contributed by atoms with Crippen LogP contribution >= 0.6 is 0 Å². The second-order valence-corrected chi connectivity index (χ2v) is 8.27. The Labute approximate surface area is 163 Å². The lowest BCUT2D eigenvalue weighted by atomic mass is 9.93. The number of quaternary nitrogens is 1. The monoisotopic (exact) mass is 371 g/mol. The summed E-state index contributed by atoms with van der Waals surface area (Å²) in [6, 6.07) is 9.14. The van der Waals surface area contributed by atoms with Gasteiger partial charge in [-0.25, -0.2) is 0 Å². The topological polar surface area (TPSA) is 63.5 Å². The first-order valence-corrected chi connectivity index (χ1v) is 9.91. The lowest BCUT2D eigenvalue weighted by molar-refractivity contribution is -0.692. The maximum Gasteiger partial charge on any atom is 0.279 e. The van der Waals surface area contributed by atoms with Crippen LogP contribution in [0.2, 0.25) is 0 Å². The summed E-state index contributed by atoms with van der Waals surface area (Å²) in [5.74, 6) is 1.11. The van der Waals surface area contributed by atoms with E-state index in [0.29, 0.717) is 18.4 Å². The van der Waals surface area contributed by atoms with E-state index in [1.807, 2.05) is 20.9 Å². The van der Waals surface area contributed by atoms with Crippen LogP contribution in [0.3, 0.4) is 0 Å². The average Bonchev–Trinajstić information content (AvgIpc) is 2.82. The van der Waals surface area contributed by atoms with E-state index in [2.05, 4.69) is 67.7 Å². The Morgan fingerprint density at radius 1 is 1.15 bits per heavy atom. The molecule has 1 atom stereocenters. The maximum atomic E-state index is 12.5. The summed E-state index contributed by atoms with van der Waals surface area (Å²) in [6.07, 6.45) is 1.10. The SMILES string of the molecule is Cc1nn(C)c(C)c1NC(=O)C[NH2+][C@@H](c1ccc(CC(C)C)cc1)C(C)C. The molecule has 27 heavy (non-hydrogen) atoms. The molecule has 1 aromatic heterocycles. The first kappa shape index (κ1) is 21.2. The molecular weight excluding hydrogens is 336 g/mol. The minimum atomic E-state index is 0.0104. The van der Waals surface area contributed by atoms with Gasteiger partial charge in [-0.1, -0.05) is 52.0 Å². The summed E-state index contributed by atoms with van der Waals surface area (Å²) < 4.78 is 1.80. The Morgan fingerprint density at radius 3 is 2.26 bits per heavy atom. The molecule has 0 spiro atoms. The number of carbonyl (C=O) groups is 1. The molecule has 0 saturated heterocycles. The van der Waals surface area contributed by atoms with Gasteiger partial charge in [-0.3, -0.25) is 9.48 Å². The Kier molecular flexibility index (Phi) is 7.19. The predicted molar refractivity (Wildman–Crippen MR) is 111 cm³/mol. The fourth-order valence-corrected chi connectivity index (χ4v) is 3.52. The molecule has 5 nitrogen and oxygen atoms in total. The lowest BCUT2D eigenvalue weighted by Crippen LogP contribution is -2.88. The van der Waals surface area contributed by atoms with Gasteiger partial charge in [0, 0.05) is 18.5 Å². The van der Waals surface area contributed by atoms with Crippen LogP contribution in [0.1, 0.15) is 56.3 Å². The van der Waals surface area contributed by atoms with E-state index in [1.54, 1.807) is 4.68 Å². The molecule has 1 amide bonds. The van der Waals surface area contributed by atoms with Crippen LogP contribution in [0.5, 0.6) is 0 Å². The molecule has 1 heterocycles. The minimum absolute atomic E-state index is 0.0104. The van der Waals surface area contributed by atoms with Crippen LogP contribution in [0.25, 0.3) is 0 Å². The van der Waals surface area contributed by atoms with Gasteiger partial charge in [0.05, 0.1) is 17.1 Å². The largest absolute Gasteiger partial charge is 0.332 e. The third-order valence-corrected chi connectivity index (χ3v) is 5.06. The van der Waals surface area contributed by atoms with Crippen molar-refractivity contribution >= 4 is 11.6 Å². The van der Waals surface area contributed by atoms with E-state index >= 15 is 0 Å². The fraction of sp³-hybridized carbons (Fsp3) is 0.545. The summed E-state index contributed by atoms with van der Waals surface area (Å²) in [5.41, 5.74) is 5.30. The fourth-order valence-electron chi connectivity index (χ4n) is 3.52. The molecule has 0 fully saturated rings. The van der Waals surface area contributed by atoms with E-state index in [-0.39, 0.29) is 11.9 Å². The number of nitrogens with one attached hydrogen (secondary N) is 1. The number of benzene rings is 1. The van der Waals surface area contributed by atoms with Gasteiger partial charge in [0.15, 0.2) is 6.54 Å². The van der Waals surface area contributed by atoms with Crippen molar-refractivity contribution in [2.75, 3.05) is 11.9 Å². The van der Waals surface area contributed by atoms with Gasteiger partial charge in [0.25, 0.3) is 5.91 Å². The zero-order valence-electron chi connectivity index (χ0n) is 17.8. The molecule has 0 aliphatic heterocycles. The number of aromatic nitrogens is 2. The van der Waals surface area contributed by atoms with Crippen LogP contribution in [0.4, 0.5) is 5.69 Å². The molecule has 148 valence electrons. The molecule has 2 aromatic rings. The van der Waals surface area contributed by atoms with Crippen LogP contribution in [0, 0.1) is 25.7 Å². The Hall–Kier alpha value is -2.14. The molecule has 1 aromatic carbocycles. The van der Waals surface area contributed by atoms with Crippen LogP contribution < -0.4 is 10.6 Å². The van der Waals surface area contributed by atoms with Crippen LogP contribution in [-0.2, 0) is 18.3 Å². The second kappa shape index (κ2) is 9.18. The molecule has 0 saturated carbocycles. The Bertz CT molecular complexity index is 759. The third-order valence-electron chi connectivity index (χ3n) is 5.06. The number of aryl methyl sites for hydroxylation is 2. The lowest BCUT2D eigenvalue weighted by Gasteiger charge is -2.20. The van der Waals surface area contributed by atoms with E-state index in [0.717, 1.165) is 23.5 Å². The number of hydrogen-bond acceptors (Lipinski definition) is 2. The van der Waals surface area contributed by atoms with Crippen molar-refractivity contribution in [2.24, 2.45) is 18.9 Å². The highest BCUT2D eigenvalue weighted by atomic mass is 16.1.